The van der Waals surface area contributed by atoms with E-state index in [9.17, 15) is 22.8 Å². The maximum Gasteiger partial charge on any atom is 0.389 e. The molecule has 3 heterocycles. The van der Waals surface area contributed by atoms with Crippen molar-refractivity contribution >= 4 is 11.8 Å². The Morgan fingerprint density at radius 1 is 1.10 bits per heavy atom. The SMILES string of the molecule is O=C(C[C@@H]1CN(CCCC(F)(F)F)[C@@H]2CO[C@@H](CC(=O)N3CCOCC3)[C@H]12)NC1CC1. The molecule has 0 radical (unpaired) electrons. The van der Waals surface area contributed by atoms with Crippen molar-refractivity contribution in [2.24, 2.45) is 11.8 Å². The molecule has 3 aliphatic heterocycles. The van der Waals surface area contributed by atoms with E-state index in [4.69, 9.17) is 9.47 Å². The molecule has 176 valence electrons. The van der Waals surface area contributed by atoms with E-state index in [0.29, 0.717) is 52.4 Å². The van der Waals surface area contributed by atoms with Crippen LogP contribution in [0.4, 0.5) is 13.2 Å². The summed E-state index contributed by atoms with van der Waals surface area (Å²) in [5.41, 5.74) is 0. The van der Waals surface area contributed by atoms with Gasteiger partial charge in [0.15, 0.2) is 0 Å². The van der Waals surface area contributed by atoms with Crippen LogP contribution in [0, 0.1) is 11.8 Å². The van der Waals surface area contributed by atoms with Gasteiger partial charge in [0.1, 0.15) is 0 Å². The lowest BCUT2D eigenvalue weighted by molar-refractivity contribution is -0.138. The largest absolute Gasteiger partial charge is 0.389 e. The van der Waals surface area contributed by atoms with Crippen molar-refractivity contribution in [2.75, 3.05) is 46.0 Å². The number of rotatable bonds is 8. The summed E-state index contributed by atoms with van der Waals surface area (Å²) < 4.78 is 49.1. The quantitative estimate of drug-likeness (QED) is 0.612. The highest BCUT2D eigenvalue weighted by Gasteiger charge is 2.51. The highest BCUT2D eigenvalue weighted by atomic mass is 19.4. The van der Waals surface area contributed by atoms with E-state index in [1.165, 1.54) is 0 Å². The third kappa shape index (κ3) is 6.10. The first-order valence-corrected chi connectivity index (χ1v) is 11.4. The third-order valence-electron chi connectivity index (χ3n) is 6.87. The van der Waals surface area contributed by atoms with E-state index >= 15 is 0 Å². The number of nitrogens with one attached hydrogen (secondary N) is 1. The zero-order valence-electron chi connectivity index (χ0n) is 17.7. The number of halogens is 3. The number of morpholine rings is 1. The summed E-state index contributed by atoms with van der Waals surface area (Å²) in [5, 5.41) is 3.01. The lowest BCUT2D eigenvalue weighted by Crippen LogP contribution is -2.43. The van der Waals surface area contributed by atoms with Crippen LogP contribution in [0.25, 0.3) is 0 Å². The molecule has 0 unspecified atom stereocenters. The van der Waals surface area contributed by atoms with Crippen LogP contribution in [-0.2, 0) is 19.1 Å². The highest BCUT2D eigenvalue weighted by molar-refractivity contribution is 5.78. The lowest BCUT2D eigenvalue weighted by Gasteiger charge is -2.29. The fourth-order valence-electron chi connectivity index (χ4n) is 5.22. The zero-order valence-corrected chi connectivity index (χ0v) is 17.7. The number of alkyl halides is 3. The Balaban J connectivity index is 1.38. The van der Waals surface area contributed by atoms with Gasteiger partial charge >= 0.3 is 6.18 Å². The van der Waals surface area contributed by atoms with Crippen LogP contribution in [0.3, 0.4) is 0 Å². The molecule has 0 aromatic rings. The van der Waals surface area contributed by atoms with Crippen molar-refractivity contribution in [1.29, 1.82) is 0 Å². The molecule has 0 aromatic heterocycles. The Bertz CT molecular complexity index is 652. The summed E-state index contributed by atoms with van der Waals surface area (Å²) in [6, 6.07) is 0.237. The predicted molar refractivity (Wildman–Crippen MR) is 105 cm³/mol. The van der Waals surface area contributed by atoms with Crippen LogP contribution in [-0.4, -0.2) is 92.0 Å². The van der Waals surface area contributed by atoms with Gasteiger partial charge in [0.05, 0.1) is 32.3 Å². The van der Waals surface area contributed by atoms with Gasteiger partial charge in [-0.2, -0.15) is 13.2 Å². The average molecular weight is 447 g/mol. The minimum Gasteiger partial charge on any atom is -0.378 e. The Hall–Kier alpha value is -1.39. The molecule has 0 bridgehead atoms. The number of amides is 2. The Labute approximate surface area is 180 Å². The number of carbonyl (C=O) groups is 2. The number of likely N-dealkylation sites (tertiary alicyclic amines) is 1. The second-order valence-electron chi connectivity index (χ2n) is 9.23. The summed E-state index contributed by atoms with van der Waals surface area (Å²) in [6.45, 7) is 3.50. The minimum absolute atomic E-state index is 0.00597. The zero-order chi connectivity index (χ0) is 22.0. The maximum atomic E-state index is 12.8. The van der Waals surface area contributed by atoms with Crippen LogP contribution >= 0.6 is 0 Å². The van der Waals surface area contributed by atoms with E-state index in [0.717, 1.165) is 12.8 Å². The Morgan fingerprint density at radius 3 is 2.52 bits per heavy atom. The normalized spacial score (nSPS) is 31.6. The average Bonchev–Trinajstić information content (AvgIpc) is 3.32. The van der Waals surface area contributed by atoms with Crippen molar-refractivity contribution < 1.29 is 32.2 Å². The van der Waals surface area contributed by atoms with Crippen LogP contribution in [0.5, 0.6) is 0 Å². The molecular weight excluding hydrogens is 415 g/mol. The van der Waals surface area contributed by atoms with Crippen molar-refractivity contribution in [2.45, 2.75) is 62.9 Å². The molecule has 4 fully saturated rings. The Kier molecular flexibility index (Phi) is 7.07. The molecule has 31 heavy (non-hydrogen) atoms. The molecule has 4 atom stereocenters. The van der Waals surface area contributed by atoms with E-state index in [2.05, 4.69) is 5.32 Å². The van der Waals surface area contributed by atoms with Crippen LogP contribution in [0.15, 0.2) is 0 Å². The van der Waals surface area contributed by atoms with E-state index in [1.54, 1.807) is 4.90 Å². The smallest absolute Gasteiger partial charge is 0.378 e. The van der Waals surface area contributed by atoms with Gasteiger partial charge in [-0.05, 0) is 31.7 Å². The van der Waals surface area contributed by atoms with Gasteiger partial charge in [0.2, 0.25) is 11.8 Å². The molecule has 0 spiro atoms. The number of fused-ring (bicyclic) bond motifs is 1. The van der Waals surface area contributed by atoms with Gasteiger partial charge in [-0.3, -0.25) is 14.5 Å². The van der Waals surface area contributed by atoms with Crippen molar-refractivity contribution in [3.8, 4) is 0 Å². The van der Waals surface area contributed by atoms with Gasteiger partial charge in [-0.25, -0.2) is 0 Å². The molecule has 3 saturated heterocycles. The predicted octanol–water partition coefficient (Wildman–Crippen LogP) is 1.56. The molecule has 1 saturated carbocycles. The molecule has 4 rings (SSSR count). The monoisotopic (exact) mass is 447 g/mol. The Morgan fingerprint density at radius 2 is 1.84 bits per heavy atom. The summed E-state index contributed by atoms with van der Waals surface area (Å²) in [5.74, 6) is -0.0142. The second-order valence-corrected chi connectivity index (χ2v) is 9.23. The van der Waals surface area contributed by atoms with E-state index in [1.807, 2.05) is 4.90 Å². The fourth-order valence-corrected chi connectivity index (χ4v) is 5.22. The summed E-state index contributed by atoms with van der Waals surface area (Å²) in [6.07, 6.45) is -2.65. The third-order valence-corrected chi connectivity index (χ3v) is 6.87. The van der Waals surface area contributed by atoms with Crippen molar-refractivity contribution in [1.82, 2.24) is 15.1 Å². The molecule has 0 aromatic carbocycles. The fraction of sp³-hybridized carbons (Fsp3) is 0.905. The van der Waals surface area contributed by atoms with Crippen molar-refractivity contribution in [3.05, 3.63) is 0 Å². The number of carbonyl (C=O) groups excluding carboxylic acids is 2. The van der Waals surface area contributed by atoms with Gasteiger partial charge in [0, 0.05) is 50.5 Å². The van der Waals surface area contributed by atoms with Gasteiger partial charge in [-0.15, -0.1) is 0 Å². The molecule has 4 aliphatic rings. The summed E-state index contributed by atoms with van der Waals surface area (Å²) >= 11 is 0. The first-order chi connectivity index (χ1) is 14.8. The van der Waals surface area contributed by atoms with Gasteiger partial charge in [0.25, 0.3) is 0 Å². The minimum atomic E-state index is -4.16. The molecule has 2 amide bonds. The second kappa shape index (κ2) is 9.62. The topological polar surface area (TPSA) is 71.1 Å². The van der Waals surface area contributed by atoms with Crippen molar-refractivity contribution in [3.63, 3.8) is 0 Å². The van der Waals surface area contributed by atoms with E-state index in [-0.39, 0.29) is 54.7 Å². The van der Waals surface area contributed by atoms with Crippen LogP contribution in [0.1, 0.15) is 38.5 Å². The summed E-state index contributed by atoms with van der Waals surface area (Å²) in [4.78, 5) is 29.0. The number of ether oxygens (including phenoxy) is 2. The number of hydrogen-bond acceptors (Lipinski definition) is 5. The number of hydrogen-bond donors (Lipinski definition) is 1. The molecule has 7 nitrogen and oxygen atoms in total. The van der Waals surface area contributed by atoms with E-state index < -0.39 is 12.6 Å². The molecule has 1 aliphatic carbocycles. The van der Waals surface area contributed by atoms with Crippen LogP contribution in [0.2, 0.25) is 0 Å². The summed E-state index contributed by atoms with van der Waals surface area (Å²) in [7, 11) is 0. The first kappa shape index (κ1) is 22.8. The maximum absolute atomic E-state index is 12.8. The van der Waals surface area contributed by atoms with Gasteiger partial charge < -0.3 is 19.7 Å². The number of nitrogens with zero attached hydrogens (tertiary/aromatic N) is 2. The standard InChI is InChI=1S/C21H32F3N3O4/c22-21(23,24)4-1-5-27-12-14(10-18(28)25-15-2-3-15)20-16(27)13-31-17(20)11-19(29)26-6-8-30-9-7-26/h14-17,20H,1-13H2,(H,25,28)/t14-,16-,17+,20-/m1/s1. The molecular formula is C21H32F3N3O4. The molecule has 1 N–H and O–H groups in total. The molecule has 10 heteroatoms. The van der Waals surface area contributed by atoms with Crippen LogP contribution < -0.4 is 5.32 Å². The highest BCUT2D eigenvalue weighted by Crippen LogP contribution is 2.42. The lowest BCUT2D eigenvalue weighted by atomic mass is 9.84. The van der Waals surface area contributed by atoms with Gasteiger partial charge in [-0.1, -0.05) is 0 Å². The first-order valence-electron chi connectivity index (χ1n) is 11.4.